The van der Waals surface area contributed by atoms with E-state index in [1.807, 2.05) is 18.2 Å². The highest BCUT2D eigenvalue weighted by Gasteiger charge is 2.31. The molecule has 2 saturated heterocycles. The maximum absolute atomic E-state index is 9.93. The van der Waals surface area contributed by atoms with Gasteiger partial charge < -0.3 is 15.2 Å². The first kappa shape index (κ1) is 14.3. The smallest absolute Gasteiger partial charge is 0.134 e. The summed E-state index contributed by atoms with van der Waals surface area (Å²) in [5, 5.41) is 13.3. The zero-order chi connectivity index (χ0) is 13.9. The largest absolute Gasteiger partial charge is 0.506 e. The Morgan fingerprint density at radius 3 is 3.25 bits per heavy atom. The summed E-state index contributed by atoms with van der Waals surface area (Å²) in [6.45, 7) is 4.61. The molecule has 2 unspecified atom stereocenters. The number of morpholine rings is 1. The fourth-order valence-electron chi connectivity index (χ4n) is 3.08. The molecule has 0 amide bonds. The molecule has 2 aliphatic heterocycles. The first-order chi connectivity index (χ1) is 9.74. The summed E-state index contributed by atoms with van der Waals surface area (Å²) in [7, 11) is 0. The molecule has 4 nitrogen and oxygen atoms in total. The Bertz CT molecular complexity index is 469. The summed E-state index contributed by atoms with van der Waals surface area (Å²) in [6, 6.07) is 6.37. The Morgan fingerprint density at radius 2 is 2.35 bits per heavy atom. The standard InChI is InChI=1S/C15H21BrN2O2/c16-14-5-1-3-11(15(14)19)7-17-8-13-9-18-6-2-4-12(18)10-20-13/h1,3,5,12-13,17,19H,2,4,6-10H2. The normalized spacial score (nSPS) is 26.6. The molecule has 5 heteroatoms. The molecular weight excluding hydrogens is 320 g/mol. The van der Waals surface area contributed by atoms with Crippen molar-refractivity contribution in [2.24, 2.45) is 0 Å². The van der Waals surface area contributed by atoms with Gasteiger partial charge in [0, 0.05) is 31.2 Å². The maximum Gasteiger partial charge on any atom is 0.134 e. The molecule has 0 radical (unpaired) electrons. The highest BCUT2D eigenvalue weighted by molar-refractivity contribution is 9.10. The van der Waals surface area contributed by atoms with Crippen molar-refractivity contribution in [1.29, 1.82) is 0 Å². The quantitative estimate of drug-likeness (QED) is 0.881. The van der Waals surface area contributed by atoms with Gasteiger partial charge in [0.05, 0.1) is 17.2 Å². The molecule has 2 fully saturated rings. The molecule has 3 rings (SSSR count). The first-order valence-electron chi connectivity index (χ1n) is 7.27. The Labute approximate surface area is 128 Å². The van der Waals surface area contributed by atoms with Gasteiger partial charge in [-0.1, -0.05) is 12.1 Å². The zero-order valence-corrected chi connectivity index (χ0v) is 13.1. The van der Waals surface area contributed by atoms with E-state index in [4.69, 9.17) is 4.74 Å². The topological polar surface area (TPSA) is 44.7 Å². The van der Waals surface area contributed by atoms with E-state index in [1.165, 1.54) is 19.4 Å². The van der Waals surface area contributed by atoms with Crippen LogP contribution in [0.4, 0.5) is 0 Å². The van der Waals surface area contributed by atoms with Crippen LogP contribution in [0.15, 0.2) is 22.7 Å². The van der Waals surface area contributed by atoms with Gasteiger partial charge in [-0.3, -0.25) is 4.90 Å². The van der Waals surface area contributed by atoms with E-state index in [1.54, 1.807) is 0 Å². The number of nitrogens with zero attached hydrogens (tertiary/aromatic N) is 1. The van der Waals surface area contributed by atoms with Gasteiger partial charge in [0.1, 0.15) is 5.75 Å². The Kier molecular flexibility index (Phi) is 4.61. The monoisotopic (exact) mass is 340 g/mol. The Hall–Kier alpha value is -0.620. The van der Waals surface area contributed by atoms with Crippen LogP contribution in [0.2, 0.25) is 0 Å². The van der Waals surface area contributed by atoms with Crippen molar-refractivity contribution in [2.75, 3.05) is 26.2 Å². The number of fused-ring (bicyclic) bond motifs is 1. The molecule has 1 aromatic rings. The summed E-state index contributed by atoms with van der Waals surface area (Å²) < 4.78 is 6.65. The molecule has 0 saturated carbocycles. The first-order valence-corrected chi connectivity index (χ1v) is 8.06. The number of para-hydroxylation sites is 1. The third-order valence-electron chi connectivity index (χ3n) is 4.22. The van der Waals surface area contributed by atoms with E-state index < -0.39 is 0 Å². The van der Waals surface area contributed by atoms with Gasteiger partial charge in [-0.2, -0.15) is 0 Å². The molecule has 0 bridgehead atoms. The average molecular weight is 341 g/mol. The van der Waals surface area contributed by atoms with Gasteiger partial charge in [-0.15, -0.1) is 0 Å². The van der Waals surface area contributed by atoms with Gasteiger partial charge in [0.15, 0.2) is 0 Å². The minimum Gasteiger partial charge on any atom is -0.506 e. The second-order valence-electron chi connectivity index (χ2n) is 5.62. The fraction of sp³-hybridized carbons (Fsp3) is 0.600. The molecule has 1 aromatic carbocycles. The molecule has 0 aliphatic carbocycles. The number of nitrogens with one attached hydrogen (secondary N) is 1. The van der Waals surface area contributed by atoms with Gasteiger partial charge in [-0.05, 0) is 41.4 Å². The van der Waals surface area contributed by atoms with Crippen molar-refractivity contribution in [2.45, 2.75) is 31.5 Å². The number of aromatic hydroxyl groups is 1. The Balaban J connectivity index is 1.47. The molecular formula is C15H21BrN2O2. The predicted molar refractivity (Wildman–Crippen MR) is 81.8 cm³/mol. The van der Waals surface area contributed by atoms with Gasteiger partial charge >= 0.3 is 0 Å². The minimum absolute atomic E-state index is 0.263. The van der Waals surface area contributed by atoms with E-state index in [2.05, 4.69) is 26.1 Å². The summed E-state index contributed by atoms with van der Waals surface area (Å²) >= 11 is 3.34. The van der Waals surface area contributed by atoms with Crippen LogP contribution < -0.4 is 5.32 Å². The van der Waals surface area contributed by atoms with Crippen LogP contribution >= 0.6 is 15.9 Å². The van der Waals surface area contributed by atoms with Crippen LogP contribution in [-0.4, -0.2) is 48.4 Å². The van der Waals surface area contributed by atoms with E-state index in [0.717, 1.165) is 29.7 Å². The van der Waals surface area contributed by atoms with Crippen LogP contribution in [0, 0.1) is 0 Å². The van der Waals surface area contributed by atoms with Crippen molar-refractivity contribution in [3.63, 3.8) is 0 Å². The lowest BCUT2D eigenvalue weighted by atomic mass is 10.1. The van der Waals surface area contributed by atoms with Crippen molar-refractivity contribution in [1.82, 2.24) is 10.2 Å². The van der Waals surface area contributed by atoms with Crippen LogP contribution in [0.25, 0.3) is 0 Å². The van der Waals surface area contributed by atoms with Gasteiger partial charge in [-0.25, -0.2) is 0 Å². The van der Waals surface area contributed by atoms with E-state index in [-0.39, 0.29) is 6.10 Å². The molecule has 20 heavy (non-hydrogen) atoms. The zero-order valence-electron chi connectivity index (χ0n) is 11.5. The van der Waals surface area contributed by atoms with Crippen LogP contribution in [0.1, 0.15) is 18.4 Å². The summed E-state index contributed by atoms with van der Waals surface area (Å²) in [4.78, 5) is 2.55. The number of rotatable bonds is 4. The van der Waals surface area contributed by atoms with Crippen LogP contribution in [0.5, 0.6) is 5.75 Å². The summed E-state index contributed by atoms with van der Waals surface area (Å²) in [6.07, 6.45) is 2.85. The van der Waals surface area contributed by atoms with E-state index in [9.17, 15) is 5.11 Å². The number of benzene rings is 1. The van der Waals surface area contributed by atoms with E-state index >= 15 is 0 Å². The SMILES string of the molecule is Oc1c(Br)cccc1CNCC1CN2CCCC2CO1. The minimum atomic E-state index is 0.263. The van der Waals surface area contributed by atoms with Crippen molar-refractivity contribution in [3.05, 3.63) is 28.2 Å². The van der Waals surface area contributed by atoms with Gasteiger partial charge in [0.2, 0.25) is 0 Å². The fourth-order valence-corrected chi connectivity index (χ4v) is 3.49. The Morgan fingerprint density at radius 1 is 1.45 bits per heavy atom. The predicted octanol–water partition coefficient (Wildman–Crippen LogP) is 2.11. The van der Waals surface area contributed by atoms with Crippen LogP contribution in [-0.2, 0) is 11.3 Å². The maximum atomic E-state index is 9.93. The lowest BCUT2D eigenvalue weighted by Gasteiger charge is -2.35. The number of hydrogen-bond acceptors (Lipinski definition) is 4. The molecule has 2 heterocycles. The number of halogens is 1. The molecule has 2 atom stereocenters. The molecule has 110 valence electrons. The molecule has 2 N–H and O–H groups in total. The van der Waals surface area contributed by atoms with Gasteiger partial charge in [0.25, 0.3) is 0 Å². The molecule has 2 aliphatic rings. The second-order valence-corrected chi connectivity index (χ2v) is 6.48. The highest BCUT2D eigenvalue weighted by Crippen LogP contribution is 2.27. The number of ether oxygens (including phenoxy) is 1. The number of hydrogen-bond donors (Lipinski definition) is 2. The number of phenols is 1. The third-order valence-corrected chi connectivity index (χ3v) is 4.86. The lowest BCUT2D eigenvalue weighted by molar-refractivity contribution is -0.0470. The second kappa shape index (κ2) is 6.43. The lowest BCUT2D eigenvalue weighted by Crippen LogP contribution is -2.49. The summed E-state index contributed by atoms with van der Waals surface area (Å²) in [5.74, 6) is 0.323. The van der Waals surface area contributed by atoms with Crippen molar-refractivity contribution in [3.8, 4) is 5.75 Å². The van der Waals surface area contributed by atoms with E-state index in [0.29, 0.717) is 18.3 Å². The van der Waals surface area contributed by atoms with Crippen molar-refractivity contribution >= 4 is 15.9 Å². The van der Waals surface area contributed by atoms with Crippen molar-refractivity contribution < 1.29 is 9.84 Å². The average Bonchev–Trinajstić information content (AvgIpc) is 2.91. The third kappa shape index (κ3) is 3.17. The highest BCUT2D eigenvalue weighted by atomic mass is 79.9. The molecule has 0 aromatic heterocycles. The molecule has 0 spiro atoms. The number of phenolic OH excluding ortho intramolecular Hbond substituents is 1. The summed E-state index contributed by atoms with van der Waals surface area (Å²) in [5.41, 5.74) is 0.911. The van der Waals surface area contributed by atoms with Crippen LogP contribution in [0.3, 0.4) is 0 Å².